The number of imidazole rings is 1. The normalized spacial score (nSPS) is 11.3. The smallest absolute Gasteiger partial charge is 0.311 e. The third-order valence-electron chi connectivity index (χ3n) is 3.53. The Balaban J connectivity index is 2.06. The van der Waals surface area contributed by atoms with Crippen LogP contribution in [-0.4, -0.2) is 33.8 Å². The van der Waals surface area contributed by atoms with Gasteiger partial charge < -0.3 is 9.84 Å². The molecule has 7 nitrogen and oxygen atoms in total. The number of azo groups is 1. The van der Waals surface area contributed by atoms with E-state index in [0.717, 1.165) is 4.90 Å². The van der Waals surface area contributed by atoms with E-state index in [-0.39, 0.29) is 12.2 Å². The minimum absolute atomic E-state index is 0.000513. The lowest BCUT2D eigenvalue weighted by Gasteiger charge is -2.00. The van der Waals surface area contributed by atoms with Crippen LogP contribution in [0.4, 0.5) is 11.5 Å². The van der Waals surface area contributed by atoms with E-state index in [0.29, 0.717) is 22.8 Å². The summed E-state index contributed by atoms with van der Waals surface area (Å²) < 4.78 is 6.30. The van der Waals surface area contributed by atoms with Crippen LogP contribution < -0.4 is 0 Å². The number of carbonyl (C=O) groups excluding carboxylic acids is 1. The molecule has 0 saturated heterocycles. The molecule has 3 aromatic rings. The molecule has 0 saturated carbocycles. The summed E-state index contributed by atoms with van der Waals surface area (Å²) in [5.41, 5.74) is 1.39. The number of aromatic hydroxyl groups is 1. The number of nitrogens with zero attached hydrogens (tertiary/aromatic N) is 4. The molecule has 0 atom stereocenters. The van der Waals surface area contributed by atoms with E-state index >= 15 is 0 Å². The third kappa shape index (κ3) is 3.63. The number of thioether (sulfide) groups is 1. The number of methoxy groups -OCH3 is 1. The topological polar surface area (TPSA) is 88.5 Å². The fourth-order valence-corrected chi connectivity index (χ4v) is 2.75. The van der Waals surface area contributed by atoms with Gasteiger partial charge in [-0.25, -0.2) is 4.98 Å². The summed E-state index contributed by atoms with van der Waals surface area (Å²) in [4.78, 5) is 17.0. The molecule has 0 aliphatic carbocycles. The van der Waals surface area contributed by atoms with Gasteiger partial charge in [0.2, 0.25) is 0 Å². The van der Waals surface area contributed by atoms with E-state index in [1.54, 1.807) is 28.4 Å². The van der Waals surface area contributed by atoms with Crippen molar-refractivity contribution in [3.05, 3.63) is 48.3 Å². The number of ether oxygens (including phenoxy) is 1. The van der Waals surface area contributed by atoms with Gasteiger partial charge in [0.1, 0.15) is 0 Å². The Morgan fingerprint density at radius 3 is 2.92 bits per heavy atom. The Bertz CT molecular complexity index is 952. The fourth-order valence-electron chi connectivity index (χ4n) is 2.30. The third-order valence-corrected chi connectivity index (χ3v) is 4.25. The van der Waals surface area contributed by atoms with Crippen molar-refractivity contribution in [1.82, 2.24) is 9.38 Å². The van der Waals surface area contributed by atoms with Gasteiger partial charge in [-0.05, 0) is 36.6 Å². The van der Waals surface area contributed by atoms with Crippen LogP contribution >= 0.6 is 11.8 Å². The van der Waals surface area contributed by atoms with Crippen LogP contribution in [0.15, 0.2) is 57.7 Å². The number of esters is 1. The fraction of sp³-hybridized carbons (Fsp3) is 0.176. The minimum atomic E-state index is -0.441. The highest BCUT2D eigenvalue weighted by Gasteiger charge is 2.17. The van der Waals surface area contributed by atoms with Crippen LogP contribution in [0.1, 0.15) is 5.69 Å². The minimum Gasteiger partial charge on any atom is -0.504 e. The van der Waals surface area contributed by atoms with Gasteiger partial charge in [0.05, 0.1) is 24.9 Å². The molecule has 0 amide bonds. The summed E-state index contributed by atoms with van der Waals surface area (Å²) in [6, 6.07) is 10.8. The second-order valence-corrected chi connectivity index (χ2v) is 6.00. The highest BCUT2D eigenvalue weighted by atomic mass is 32.2. The molecule has 1 aromatic carbocycles. The standard InChI is InChI=1S/C17H16N4O3S/c1-24-15(23)10-13-16(21-8-4-7-14(22)17(21)18-13)20-19-11-5-3-6-12(9-11)25-2/h3-9,22H,10H2,1-2H3. The first-order chi connectivity index (χ1) is 12.1. The predicted octanol–water partition coefficient (Wildman–Crippen LogP) is 3.89. The van der Waals surface area contributed by atoms with Gasteiger partial charge in [-0.1, -0.05) is 6.07 Å². The maximum absolute atomic E-state index is 11.6. The molecule has 0 aliphatic rings. The highest BCUT2D eigenvalue weighted by Crippen LogP contribution is 2.29. The number of hydrogen-bond acceptors (Lipinski definition) is 7. The number of benzene rings is 1. The molecule has 0 aliphatic heterocycles. The van der Waals surface area contributed by atoms with Crippen LogP contribution in [0, 0.1) is 0 Å². The summed E-state index contributed by atoms with van der Waals surface area (Å²) in [7, 11) is 1.31. The largest absolute Gasteiger partial charge is 0.504 e. The van der Waals surface area contributed by atoms with Gasteiger partial charge in [-0.15, -0.1) is 22.0 Å². The van der Waals surface area contributed by atoms with Crippen molar-refractivity contribution in [2.24, 2.45) is 10.2 Å². The molecular weight excluding hydrogens is 340 g/mol. The van der Waals surface area contributed by atoms with Crippen LogP contribution in [0.3, 0.4) is 0 Å². The van der Waals surface area contributed by atoms with Gasteiger partial charge in [0.25, 0.3) is 0 Å². The zero-order valence-corrected chi connectivity index (χ0v) is 14.5. The van der Waals surface area contributed by atoms with Crippen LogP contribution in [0.25, 0.3) is 5.65 Å². The second kappa shape index (κ2) is 7.35. The number of fused-ring (bicyclic) bond motifs is 1. The van der Waals surface area contributed by atoms with E-state index in [1.165, 1.54) is 13.2 Å². The zero-order chi connectivity index (χ0) is 17.8. The number of hydrogen-bond donors (Lipinski definition) is 1. The van der Waals surface area contributed by atoms with E-state index in [4.69, 9.17) is 4.74 Å². The summed E-state index contributed by atoms with van der Waals surface area (Å²) in [6.45, 7) is 0. The molecule has 0 unspecified atom stereocenters. The average Bonchev–Trinajstić information content (AvgIpc) is 2.98. The Labute approximate surface area is 148 Å². The first kappa shape index (κ1) is 17.0. The lowest BCUT2D eigenvalue weighted by molar-refractivity contribution is -0.139. The maximum atomic E-state index is 11.6. The number of rotatable bonds is 5. The Morgan fingerprint density at radius 1 is 1.32 bits per heavy atom. The Hall–Kier alpha value is -2.87. The molecule has 0 spiro atoms. The van der Waals surface area contributed by atoms with Gasteiger partial charge in [-0.3, -0.25) is 9.20 Å². The quantitative estimate of drug-likeness (QED) is 0.425. The lowest BCUT2D eigenvalue weighted by atomic mass is 10.3. The number of aromatic nitrogens is 2. The van der Waals surface area contributed by atoms with Crippen LogP contribution in [0.5, 0.6) is 5.75 Å². The van der Waals surface area contributed by atoms with Crippen LogP contribution in [-0.2, 0) is 16.0 Å². The van der Waals surface area contributed by atoms with Gasteiger partial charge in [0.15, 0.2) is 17.2 Å². The van der Waals surface area contributed by atoms with Crippen molar-refractivity contribution < 1.29 is 14.6 Å². The monoisotopic (exact) mass is 356 g/mol. The van der Waals surface area contributed by atoms with E-state index < -0.39 is 5.97 Å². The SMILES string of the molecule is COC(=O)Cc1nc2c(O)cccn2c1N=Nc1cccc(SC)c1. The van der Waals surface area contributed by atoms with E-state index in [9.17, 15) is 9.90 Å². The molecular formula is C17H16N4O3S. The molecule has 2 aromatic heterocycles. The number of carbonyl (C=O) groups is 1. The first-order valence-electron chi connectivity index (χ1n) is 7.44. The summed E-state index contributed by atoms with van der Waals surface area (Å²) in [6.07, 6.45) is 3.63. The lowest BCUT2D eigenvalue weighted by Crippen LogP contribution is -2.04. The number of pyridine rings is 1. The molecule has 2 heterocycles. The van der Waals surface area contributed by atoms with Crippen molar-refractivity contribution in [3.8, 4) is 5.75 Å². The molecule has 25 heavy (non-hydrogen) atoms. The summed E-state index contributed by atoms with van der Waals surface area (Å²) >= 11 is 1.61. The van der Waals surface area contributed by atoms with E-state index in [1.807, 2.05) is 30.5 Å². The van der Waals surface area contributed by atoms with Crippen molar-refractivity contribution in [2.45, 2.75) is 11.3 Å². The van der Waals surface area contributed by atoms with Crippen molar-refractivity contribution in [1.29, 1.82) is 0 Å². The zero-order valence-electron chi connectivity index (χ0n) is 13.7. The molecule has 128 valence electrons. The highest BCUT2D eigenvalue weighted by molar-refractivity contribution is 7.98. The molecule has 3 rings (SSSR count). The Morgan fingerprint density at radius 2 is 2.16 bits per heavy atom. The Kier molecular flexibility index (Phi) is 4.99. The molecule has 1 N–H and O–H groups in total. The summed E-state index contributed by atoms with van der Waals surface area (Å²) in [5.74, 6) is -0.0611. The van der Waals surface area contributed by atoms with Crippen molar-refractivity contribution in [3.63, 3.8) is 0 Å². The van der Waals surface area contributed by atoms with Gasteiger partial charge in [-0.2, -0.15) is 0 Å². The molecule has 0 fully saturated rings. The molecule has 8 heteroatoms. The maximum Gasteiger partial charge on any atom is 0.311 e. The van der Waals surface area contributed by atoms with Crippen molar-refractivity contribution in [2.75, 3.05) is 13.4 Å². The van der Waals surface area contributed by atoms with Gasteiger partial charge in [0, 0.05) is 11.1 Å². The van der Waals surface area contributed by atoms with E-state index in [2.05, 4.69) is 15.2 Å². The first-order valence-corrected chi connectivity index (χ1v) is 8.66. The average molecular weight is 356 g/mol. The predicted molar refractivity (Wildman–Crippen MR) is 95.0 cm³/mol. The molecule has 0 radical (unpaired) electrons. The van der Waals surface area contributed by atoms with Gasteiger partial charge >= 0.3 is 5.97 Å². The second-order valence-electron chi connectivity index (χ2n) is 5.12. The molecule has 0 bridgehead atoms. The van der Waals surface area contributed by atoms with Crippen LogP contribution in [0.2, 0.25) is 0 Å². The summed E-state index contributed by atoms with van der Waals surface area (Å²) in [5, 5.41) is 18.5. The van der Waals surface area contributed by atoms with Crippen molar-refractivity contribution >= 4 is 34.9 Å².